The van der Waals surface area contributed by atoms with Crippen LogP contribution in [0.25, 0.3) is 5.57 Å². The van der Waals surface area contributed by atoms with E-state index in [0.717, 1.165) is 30.5 Å². The SMILES string of the molecule is C/C(=C/C(=O)N1CCCC(CCC(=O)O)C1)c1ccccc1. The van der Waals surface area contributed by atoms with E-state index in [4.69, 9.17) is 5.11 Å². The molecule has 1 aromatic carbocycles. The standard InChI is InChI=1S/C18H23NO3/c1-14(16-7-3-2-4-8-16)12-17(20)19-11-5-6-15(13-19)9-10-18(21)22/h2-4,7-8,12,15H,5-6,9-11,13H2,1H3,(H,21,22)/b14-12-. The van der Waals surface area contributed by atoms with Crippen molar-refractivity contribution < 1.29 is 14.7 Å². The number of aliphatic carboxylic acids is 1. The van der Waals surface area contributed by atoms with E-state index in [1.54, 1.807) is 6.08 Å². The molecule has 1 fully saturated rings. The normalized spacial score (nSPS) is 19.0. The molecule has 1 saturated heterocycles. The summed E-state index contributed by atoms with van der Waals surface area (Å²) < 4.78 is 0. The van der Waals surface area contributed by atoms with Crippen LogP contribution >= 0.6 is 0 Å². The maximum atomic E-state index is 12.4. The van der Waals surface area contributed by atoms with Gasteiger partial charge in [-0.3, -0.25) is 9.59 Å². The molecule has 1 heterocycles. The van der Waals surface area contributed by atoms with Crippen molar-refractivity contribution in [3.63, 3.8) is 0 Å². The maximum Gasteiger partial charge on any atom is 0.303 e. The highest BCUT2D eigenvalue weighted by Crippen LogP contribution is 2.22. The van der Waals surface area contributed by atoms with Gasteiger partial charge in [-0.25, -0.2) is 0 Å². The molecule has 0 aromatic heterocycles. The Hall–Kier alpha value is -2.10. The Bertz CT molecular complexity index is 551. The molecule has 1 aliphatic rings. The lowest BCUT2D eigenvalue weighted by Crippen LogP contribution is -2.39. The fraction of sp³-hybridized carbons (Fsp3) is 0.444. The van der Waals surface area contributed by atoms with Crippen molar-refractivity contribution in [1.82, 2.24) is 4.90 Å². The first-order valence-corrected chi connectivity index (χ1v) is 7.80. The number of likely N-dealkylation sites (tertiary alicyclic amines) is 1. The summed E-state index contributed by atoms with van der Waals surface area (Å²) in [6.45, 7) is 3.38. The highest BCUT2D eigenvalue weighted by molar-refractivity contribution is 5.94. The van der Waals surface area contributed by atoms with Crippen LogP contribution in [0, 0.1) is 5.92 Å². The highest BCUT2D eigenvalue weighted by atomic mass is 16.4. The molecule has 4 nitrogen and oxygen atoms in total. The zero-order valence-electron chi connectivity index (χ0n) is 13.0. The number of hydrogen-bond acceptors (Lipinski definition) is 2. The van der Waals surface area contributed by atoms with Crippen molar-refractivity contribution in [3.8, 4) is 0 Å². The van der Waals surface area contributed by atoms with Gasteiger partial charge in [0.1, 0.15) is 0 Å². The zero-order chi connectivity index (χ0) is 15.9. The molecule has 0 spiro atoms. The topological polar surface area (TPSA) is 57.6 Å². The third-order valence-electron chi connectivity index (χ3n) is 4.17. The van der Waals surface area contributed by atoms with Crippen molar-refractivity contribution in [2.45, 2.75) is 32.6 Å². The Morgan fingerprint density at radius 2 is 2.05 bits per heavy atom. The van der Waals surface area contributed by atoms with E-state index >= 15 is 0 Å². The van der Waals surface area contributed by atoms with E-state index in [0.29, 0.717) is 18.9 Å². The number of rotatable bonds is 5. The molecule has 1 unspecified atom stereocenters. The minimum absolute atomic E-state index is 0.0291. The summed E-state index contributed by atoms with van der Waals surface area (Å²) >= 11 is 0. The fourth-order valence-electron chi connectivity index (χ4n) is 2.89. The van der Waals surface area contributed by atoms with Crippen LogP contribution in [0.15, 0.2) is 36.4 Å². The molecule has 0 saturated carbocycles. The number of benzene rings is 1. The number of carbonyl (C=O) groups excluding carboxylic acids is 1. The molecule has 22 heavy (non-hydrogen) atoms. The smallest absolute Gasteiger partial charge is 0.303 e. The number of carboxylic acid groups (broad SMARTS) is 1. The lowest BCUT2D eigenvalue weighted by Gasteiger charge is -2.32. The summed E-state index contributed by atoms with van der Waals surface area (Å²) in [6, 6.07) is 9.85. The lowest BCUT2D eigenvalue weighted by atomic mass is 9.93. The molecule has 0 radical (unpaired) electrons. The van der Waals surface area contributed by atoms with Gasteiger partial charge in [-0.2, -0.15) is 0 Å². The fourth-order valence-corrected chi connectivity index (χ4v) is 2.89. The van der Waals surface area contributed by atoms with Crippen molar-refractivity contribution in [1.29, 1.82) is 0 Å². The van der Waals surface area contributed by atoms with Gasteiger partial charge in [0.2, 0.25) is 5.91 Å². The molecule has 0 aliphatic carbocycles. The Morgan fingerprint density at radius 1 is 1.32 bits per heavy atom. The minimum atomic E-state index is -0.761. The quantitative estimate of drug-likeness (QED) is 0.850. The van der Waals surface area contributed by atoms with E-state index in [1.165, 1.54) is 0 Å². The van der Waals surface area contributed by atoms with Gasteiger partial charge in [-0.05, 0) is 43.2 Å². The van der Waals surface area contributed by atoms with Crippen LogP contribution in [0.4, 0.5) is 0 Å². The summed E-state index contributed by atoms with van der Waals surface area (Å²) in [5, 5.41) is 8.77. The first-order valence-electron chi connectivity index (χ1n) is 7.80. The first kappa shape index (κ1) is 16.3. The van der Waals surface area contributed by atoms with Gasteiger partial charge in [0.05, 0.1) is 0 Å². The van der Waals surface area contributed by atoms with Gasteiger partial charge in [-0.1, -0.05) is 30.3 Å². The molecular weight excluding hydrogens is 278 g/mol. The summed E-state index contributed by atoms with van der Waals surface area (Å²) in [4.78, 5) is 24.9. The Labute approximate surface area is 131 Å². The van der Waals surface area contributed by atoms with Gasteiger partial charge >= 0.3 is 5.97 Å². The van der Waals surface area contributed by atoms with E-state index in [-0.39, 0.29) is 12.3 Å². The summed E-state index contributed by atoms with van der Waals surface area (Å²) in [5.41, 5.74) is 2.01. The molecule has 0 bridgehead atoms. The third-order valence-corrected chi connectivity index (χ3v) is 4.17. The van der Waals surface area contributed by atoms with Crippen LogP contribution < -0.4 is 0 Å². The van der Waals surface area contributed by atoms with Crippen LogP contribution in [-0.4, -0.2) is 35.0 Å². The van der Waals surface area contributed by atoms with E-state index in [1.807, 2.05) is 42.2 Å². The average Bonchev–Trinajstić information content (AvgIpc) is 2.54. The molecule has 118 valence electrons. The second-order valence-corrected chi connectivity index (χ2v) is 5.92. The van der Waals surface area contributed by atoms with E-state index in [2.05, 4.69) is 0 Å². The number of amides is 1. The van der Waals surface area contributed by atoms with Crippen LogP contribution in [0.5, 0.6) is 0 Å². The molecular formula is C18H23NO3. The Balaban J connectivity index is 1.95. The molecule has 1 aliphatic heterocycles. The molecule has 1 amide bonds. The molecule has 4 heteroatoms. The number of piperidine rings is 1. The number of hydrogen-bond donors (Lipinski definition) is 1. The van der Waals surface area contributed by atoms with E-state index in [9.17, 15) is 9.59 Å². The minimum Gasteiger partial charge on any atom is -0.481 e. The number of allylic oxidation sites excluding steroid dienone is 1. The van der Waals surface area contributed by atoms with Gasteiger partial charge in [0.25, 0.3) is 0 Å². The highest BCUT2D eigenvalue weighted by Gasteiger charge is 2.23. The molecule has 2 rings (SSSR count). The summed E-state index contributed by atoms with van der Waals surface area (Å²) in [5.74, 6) is -0.427. The van der Waals surface area contributed by atoms with Crippen LogP contribution in [-0.2, 0) is 9.59 Å². The lowest BCUT2D eigenvalue weighted by molar-refractivity contribution is -0.137. The van der Waals surface area contributed by atoms with Gasteiger partial charge in [0.15, 0.2) is 0 Å². The van der Waals surface area contributed by atoms with Crippen LogP contribution in [0.3, 0.4) is 0 Å². The van der Waals surface area contributed by atoms with Crippen LogP contribution in [0.1, 0.15) is 38.2 Å². The van der Waals surface area contributed by atoms with Gasteiger partial charge in [0, 0.05) is 25.6 Å². The van der Waals surface area contributed by atoms with E-state index < -0.39 is 5.97 Å². The number of carboxylic acids is 1. The monoisotopic (exact) mass is 301 g/mol. The van der Waals surface area contributed by atoms with Crippen LogP contribution in [0.2, 0.25) is 0 Å². The predicted molar refractivity (Wildman–Crippen MR) is 86.3 cm³/mol. The second kappa shape index (κ2) is 7.78. The molecule has 1 N–H and O–H groups in total. The Kier molecular flexibility index (Phi) is 5.75. The van der Waals surface area contributed by atoms with Crippen molar-refractivity contribution in [2.75, 3.05) is 13.1 Å². The largest absolute Gasteiger partial charge is 0.481 e. The number of nitrogens with zero attached hydrogens (tertiary/aromatic N) is 1. The predicted octanol–water partition coefficient (Wildman–Crippen LogP) is 3.19. The zero-order valence-corrected chi connectivity index (χ0v) is 13.0. The third kappa shape index (κ3) is 4.72. The van der Waals surface area contributed by atoms with Crippen molar-refractivity contribution >= 4 is 17.4 Å². The first-order chi connectivity index (χ1) is 10.6. The average molecular weight is 301 g/mol. The maximum absolute atomic E-state index is 12.4. The van der Waals surface area contributed by atoms with Gasteiger partial charge in [-0.15, -0.1) is 0 Å². The Morgan fingerprint density at radius 3 is 2.73 bits per heavy atom. The van der Waals surface area contributed by atoms with Gasteiger partial charge < -0.3 is 10.0 Å². The molecule has 1 atom stereocenters. The summed E-state index contributed by atoms with van der Waals surface area (Å²) in [6.07, 6.45) is 4.49. The molecule has 1 aromatic rings. The number of carbonyl (C=O) groups is 2. The van der Waals surface area contributed by atoms with Crippen molar-refractivity contribution in [3.05, 3.63) is 42.0 Å². The second-order valence-electron chi connectivity index (χ2n) is 5.92. The summed E-state index contributed by atoms with van der Waals surface area (Å²) in [7, 11) is 0. The van der Waals surface area contributed by atoms with Crippen molar-refractivity contribution in [2.24, 2.45) is 5.92 Å².